The molecule has 0 atom stereocenters. The predicted octanol–water partition coefficient (Wildman–Crippen LogP) is 3.03. The standard InChI is InChI=1S/C20H26FN3O3/c1-13-6-7-14(10-16(13)21)11-23-20(22-2)24-12-15-8-9-17(25-3)19(27-5)18(15)26-4/h6-10H,11-12H2,1-5H3,(H2,22,23,24). The van der Waals surface area contributed by atoms with E-state index in [1.54, 1.807) is 41.4 Å². The van der Waals surface area contributed by atoms with Gasteiger partial charge in [-0.1, -0.05) is 12.1 Å². The van der Waals surface area contributed by atoms with Crippen LogP contribution in [-0.2, 0) is 13.1 Å². The lowest BCUT2D eigenvalue weighted by atomic mass is 10.1. The molecule has 2 N–H and O–H groups in total. The molecule has 2 rings (SSSR count). The third kappa shape index (κ3) is 5.03. The van der Waals surface area contributed by atoms with E-state index in [0.29, 0.717) is 41.9 Å². The lowest BCUT2D eigenvalue weighted by Crippen LogP contribution is -2.36. The number of ether oxygens (including phenoxy) is 3. The molecule has 0 saturated heterocycles. The second-order valence-corrected chi connectivity index (χ2v) is 5.86. The van der Waals surface area contributed by atoms with Crippen molar-refractivity contribution >= 4 is 5.96 Å². The van der Waals surface area contributed by atoms with Gasteiger partial charge in [0.05, 0.1) is 21.3 Å². The Morgan fingerprint density at radius 2 is 1.67 bits per heavy atom. The van der Waals surface area contributed by atoms with Crippen molar-refractivity contribution in [3.05, 3.63) is 52.8 Å². The second kappa shape index (κ2) is 9.66. The molecule has 0 aliphatic carbocycles. The minimum atomic E-state index is -0.215. The second-order valence-electron chi connectivity index (χ2n) is 5.86. The van der Waals surface area contributed by atoms with Crippen LogP contribution in [-0.4, -0.2) is 34.3 Å². The topological polar surface area (TPSA) is 64.1 Å². The molecule has 27 heavy (non-hydrogen) atoms. The van der Waals surface area contributed by atoms with Gasteiger partial charge in [0.15, 0.2) is 17.5 Å². The molecule has 0 unspecified atom stereocenters. The normalized spacial score (nSPS) is 11.1. The number of aliphatic imine (C=N–C) groups is 1. The first-order valence-electron chi connectivity index (χ1n) is 8.51. The van der Waals surface area contributed by atoms with Gasteiger partial charge in [0.25, 0.3) is 0 Å². The Bertz CT molecular complexity index is 809. The quantitative estimate of drug-likeness (QED) is 0.575. The number of halogens is 1. The predicted molar refractivity (Wildman–Crippen MR) is 104 cm³/mol. The van der Waals surface area contributed by atoms with E-state index < -0.39 is 0 Å². The van der Waals surface area contributed by atoms with E-state index >= 15 is 0 Å². The van der Waals surface area contributed by atoms with Gasteiger partial charge in [0.1, 0.15) is 5.82 Å². The zero-order valence-electron chi connectivity index (χ0n) is 16.4. The molecule has 7 heteroatoms. The van der Waals surface area contributed by atoms with Gasteiger partial charge < -0.3 is 24.8 Å². The summed E-state index contributed by atoms with van der Waals surface area (Å²) in [5, 5.41) is 6.38. The SMILES string of the molecule is CN=C(NCc1ccc(C)c(F)c1)NCc1ccc(OC)c(OC)c1OC. The maximum absolute atomic E-state index is 13.7. The smallest absolute Gasteiger partial charge is 0.203 e. The maximum atomic E-state index is 13.7. The number of methoxy groups -OCH3 is 3. The monoisotopic (exact) mass is 375 g/mol. The largest absolute Gasteiger partial charge is 0.493 e. The van der Waals surface area contributed by atoms with Crippen molar-refractivity contribution in [3.8, 4) is 17.2 Å². The van der Waals surface area contributed by atoms with Gasteiger partial charge in [-0.05, 0) is 36.2 Å². The summed E-state index contributed by atoms with van der Waals surface area (Å²) in [6.45, 7) is 2.66. The van der Waals surface area contributed by atoms with Gasteiger partial charge in [0.2, 0.25) is 5.75 Å². The number of hydrogen-bond acceptors (Lipinski definition) is 4. The van der Waals surface area contributed by atoms with E-state index in [0.717, 1.165) is 11.1 Å². The van der Waals surface area contributed by atoms with Crippen molar-refractivity contribution in [3.63, 3.8) is 0 Å². The molecule has 0 saturated carbocycles. The minimum absolute atomic E-state index is 0.215. The maximum Gasteiger partial charge on any atom is 0.203 e. The van der Waals surface area contributed by atoms with Crippen molar-refractivity contribution < 1.29 is 18.6 Å². The van der Waals surface area contributed by atoms with Crippen molar-refractivity contribution in [2.24, 2.45) is 4.99 Å². The summed E-state index contributed by atoms with van der Waals surface area (Å²) < 4.78 is 29.8. The molecule has 2 aromatic carbocycles. The first-order chi connectivity index (χ1) is 13.0. The molecule has 0 bridgehead atoms. The Balaban J connectivity index is 2.04. The Kier molecular flexibility index (Phi) is 7.28. The minimum Gasteiger partial charge on any atom is -0.493 e. The van der Waals surface area contributed by atoms with Crippen LogP contribution in [0.1, 0.15) is 16.7 Å². The van der Waals surface area contributed by atoms with Crippen LogP contribution in [0, 0.1) is 12.7 Å². The van der Waals surface area contributed by atoms with Gasteiger partial charge >= 0.3 is 0 Å². The molecule has 0 aliphatic heterocycles. The van der Waals surface area contributed by atoms with Gasteiger partial charge in [-0.3, -0.25) is 4.99 Å². The summed E-state index contributed by atoms with van der Waals surface area (Å²) in [5.74, 6) is 2.11. The number of rotatable bonds is 7. The molecule has 0 amide bonds. The molecular formula is C20H26FN3O3. The zero-order valence-corrected chi connectivity index (χ0v) is 16.4. The summed E-state index contributed by atoms with van der Waals surface area (Å²) in [4.78, 5) is 4.19. The number of nitrogens with one attached hydrogen (secondary N) is 2. The Hall–Kier alpha value is -2.96. The zero-order chi connectivity index (χ0) is 19.8. The van der Waals surface area contributed by atoms with Crippen molar-refractivity contribution in [1.82, 2.24) is 10.6 Å². The van der Waals surface area contributed by atoms with E-state index in [9.17, 15) is 4.39 Å². The summed E-state index contributed by atoms with van der Waals surface area (Å²) in [7, 11) is 6.41. The Labute approximate surface area is 159 Å². The highest BCUT2D eigenvalue weighted by molar-refractivity contribution is 5.79. The van der Waals surface area contributed by atoms with Gasteiger partial charge in [-0.15, -0.1) is 0 Å². The number of guanidine groups is 1. The fourth-order valence-corrected chi connectivity index (χ4v) is 2.63. The molecule has 0 heterocycles. The molecular weight excluding hydrogens is 349 g/mol. The van der Waals surface area contributed by atoms with Crippen LogP contribution in [0.15, 0.2) is 35.3 Å². The number of hydrogen-bond donors (Lipinski definition) is 2. The number of benzene rings is 2. The fraction of sp³-hybridized carbons (Fsp3) is 0.350. The third-order valence-corrected chi connectivity index (χ3v) is 4.15. The summed E-state index contributed by atoms with van der Waals surface area (Å²) in [5.41, 5.74) is 2.35. The van der Waals surface area contributed by atoms with Crippen molar-refractivity contribution in [2.75, 3.05) is 28.4 Å². The van der Waals surface area contributed by atoms with E-state index in [1.165, 1.54) is 6.07 Å². The van der Waals surface area contributed by atoms with Crippen LogP contribution in [0.3, 0.4) is 0 Å². The average molecular weight is 375 g/mol. The summed E-state index contributed by atoms with van der Waals surface area (Å²) in [6, 6.07) is 8.89. The van der Waals surface area contributed by atoms with Crippen molar-refractivity contribution in [2.45, 2.75) is 20.0 Å². The highest BCUT2D eigenvalue weighted by atomic mass is 19.1. The highest BCUT2D eigenvalue weighted by Crippen LogP contribution is 2.39. The molecule has 0 aromatic heterocycles. The molecule has 0 radical (unpaired) electrons. The van der Waals surface area contributed by atoms with E-state index in [2.05, 4.69) is 15.6 Å². The molecule has 0 spiro atoms. The highest BCUT2D eigenvalue weighted by Gasteiger charge is 2.15. The first-order valence-corrected chi connectivity index (χ1v) is 8.51. The average Bonchev–Trinajstić information content (AvgIpc) is 2.69. The van der Waals surface area contributed by atoms with Crippen LogP contribution < -0.4 is 24.8 Å². The van der Waals surface area contributed by atoms with E-state index in [1.807, 2.05) is 18.2 Å². The van der Waals surface area contributed by atoms with E-state index in [-0.39, 0.29) is 5.82 Å². The Morgan fingerprint density at radius 3 is 2.26 bits per heavy atom. The number of nitrogens with zero attached hydrogens (tertiary/aromatic N) is 1. The molecule has 6 nitrogen and oxygen atoms in total. The van der Waals surface area contributed by atoms with E-state index in [4.69, 9.17) is 14.2 Å². The van der Waals surface area contributed by atoms with Crippen LogP contribution in [0.5, 0.6) is 17.2 Å². The fourth-order valence-electron chi connectivity index (χ4n) is 2.63. The van der Waals surface area contributed by atoms with Gasteiger partial charge in [-0.2, -0.15) is 0 Å². The molecule has 2 aromatic rings. The summed E-state index contributed by atoms with van der Waals surface area (Å²) in [6.07, 6.45) is 0. The van der Waals surface area contributed by atoms with Gasteiger partial charge in [0, 0.05) is 25.7 Å². The molecule has 0 fully saturated rings. The van der Waals surface area contributed by atoms with Crippen LogP contribution in [0.25, 0.3) is 0 Å². The van der Waals surface area contributed by atoms with Gasteiger partial charge in [-0.25, -0.2) is 4.39 Å². The first kappa shape index (κ1) is 20.4. The van der Waals surface area contributed by atoms with Crippen molar-refractivity contribution in [1.29, 1.82) is 0 Å². The van der Waals surface area contributed by atoms with Crippen LogP contribution in [0.4, 0.5) is 4.39 Å². The lowest BCUT2D eigenvalue weighted by molar-refractivity contribution is 0.322. The molecule has 146 valence electrons. The van der Waals surface area contributed by atoms with Crippen LogP contribution in [0.2, 0.25) is 0 Å². The van der Waals surface area contributed by atoms with Crippen LogP contribution >= 0.6 is 0 Å². The Morgan fingerprint density at radius 1 is 0.963 bits per heavy atom. The molecule has 0 aliphatic rings. The summed E-state index contributed by atoms with van der Waals surface area (Å²) >= 11 is 0. The lowest BCUT2D eigenvalue weighted by Gasteiger charge is -2.17. The number of aryl methyl sites for hydroxylation is 1. The third-order valence-electron chi connectivity index (χ3n) is 4.15.